The summed E-state index contributed by atoms with van der Waals surface area (Å²) in [6.45, 7) is 3.77. The fraction of sp³-hybridized carbons (Fsp3) is 0.714. The van der Waals surface area contributed by atoms with Gasteiger partial charge < -0.3 is 9.47 Å². The Morgan fingerprint density at radius 1 is 1.00 bits per heavy atom. The third-order valence-electron chi connectivity index (χ3n) is 1.63. The molecule has 2 heteroatoms. The smallest absolute Gasteiger partial charge is 0.113 e. The maximum Gasteiger partial charge on any atom is 0.113 e. The van der Waals surface area contributed by atoms with E-state index in [1.807, 2.05) is 13.2 Å². The highest BCUT2D eigenvalue weighted by atomic mass is 16.6. The van der Waals surface area contributed by atoms with E-state index >= 15 is 0 Å². The summed E-state index contributed by atoms with van der Waals surface area (Å²) in [5.74, 6) is 0. The first-order chi connectivity index (χ1) is 4.45. The van der Waals surface area contributed by atoms with Crippen molar-refractivity contribution < 1.29 is 9.47 Å². The first kappa shape index (κ1) is 5.69. The lowest BCUT2D eigenvalue weighted by Gasteiger charge is -1.90. The van der Waals surface area contributed by atoms with Gasteiger partial charge in [0.1, 0.15) is 13.2 Å². The maximum absolute atomic E-state index is 4.93. The van der Waals surface area contributed by atoms with Crippen molar-refractivity contribution in [3.8, 4) is 0 Å². The second kappa shape index (κ2) is 2.27. The second-order valence-corrected chi connectivity index (χ2v) is 2.55. The minimum Gasteiger partial charge on any atom is -0.367 e. The van der Waals surface area contributed by atoms with Crippen LogP contribution < -0.4 is 0 Å². The van der Waals surface area contributed by atoms with Gasteiger partial charge in [0.05, 0.1) is 12.2 Å². The van der Waals surface area contributed by atoms with Gasteiger partial charge in [-0.3, -0.25) is 0 Å². The quantitative estimate of drug-likeness (QED) is 0.530. The first-order valence-corrected chi connectivity index (χ1v) is 3.43. The van der Waals surface area contributed by atoms with Crippen LogP contribution in [-0.4, -0.2) is 12.2 Å². The molecule has 0 amide bonds. The van der Waals surface area contributed by atoms with E-state index in [-0.39, 0.29) is 0 Å². The third-order valence-corrected chi connectivity index (χ3v) is 1.63. The lowest BCUT2D eigenvalue weighted by Crippen LogP contribution is -1.87. The Labute approximate surface area is 55.1 Å². The molecule has 0 aromatic rings. The number of hydrogen-bond donors (Lipinski definition) is 0. The molecule has 2 aliphatic heterocycles. The Kier molecular flexibility index (Phi) is 1.44. The number of epoxide rings is 2. The summed E-state index contributed by atoms with van der Waals surface area (Å²) in [6.07, 6.45) is 4.52. The van der Waals surface area contributed by atoms with Crippen LogP contribution in [0.15, 0.2) is 0 Å². The molecular weight excluding hydrogens is 116 g/mol. The van der Waals surface area contributed by atoms with Crippen molar-refractivity contribution in [3.05, 3.63) is 13.2 Å². The zero-order valence-electron chi connectivity index (χ0n) is 5.25. The molecule has 0 spiro atoms. The molecule has 2 atom stereocenters. The molecule has 0 aromatic carbocycles. The summed E-state index contributed by atoms with van der Waals surface area (Å²) >= 11 is 0. The SMILES string of the molecule is [CH]1OC1CCCC1[CH]O1. The van der Waals surface area contributed by atoms with Crippen molar-refractivity contribution in [2.24, 2.45) is 0 Å². The van der Waals surface area contributed by atoms with Gasteiger partial charge in [-0.25, -0.2) is 0 Å². The number of hydrogen-bond acceptors (Lipinski definition) is 2. The van der Waals surface area contributed by atoms with Crippen LogP contribution in [0.1, 0.15) is 19.3 Å². The zero-order chi connectivity index (χ0) is 6.10. The highest BCUT2D eigenvalue weighted by Crippen LogP contribution is 2.26. The van der Waals surface area contributed by atoms with Gasteiger partial charge in [-0.05, 0) is 19.3 Å². The summed E-state index contributed by atoms with van der Waals surface area (Å²) in [5.41, 5.74) is 0. The van der Waals surface area contributed by atoms with Crippen molar-refractivity contribution in [3.63, 3.8) is 0 Å². The standard InChI is InChI=1S/C7H10O2/c1(2-6-4-8-6)3-7-5-9-7/h4-7H,1-3H2. The van der Waals surface area contributed by atoms with E-state index in [2.05, 4.69) is 0 Å². The molecular formula is C7H10O2. The third kappa shape index (κ3) is 1.95. The average molecular weight is 126 g/mol. The van der Waals surface area contributed by atoms with Gasteiger partial charge in [0, 0.05) is 0 Å². The van der Waals surface area contributed by atoms with Gasteiger partial charge in [0.25, 0.3) is 0 Å². The molecule has 2 unspecified atom stereocenters. The number of rotatable bonds is 4. The van der Waals surface area contributed by atoms with Crippen molar-refractivity contribution in [1.29, 1.82) is 0 Å². The van der Waals surface area contributed by atoms with Gasteiger partial charge in [-0.15, -0.1) is 0 Å². The lowest BCUT2D eigenvalue weighted by atomic mass is 10.2. The summed E-state index contributed by atoms with van der Waals surface area (Å²) in [4.78, 5) is 0. The molecule has 0 N–H and O–H groups in total. The fourth-order valence-electron chi connectivity index (χ4n) is 0.903. The Morgan fingerprint density at radius 2 is 1.44 bits per heavy atom. The molecule has 2 saturated heterocycles. The largest absolute Gasteiger partial charge is 0.367 e. The second-order valence-electron chi connectivity index (χ2n) is 2.55. The molecule has 2 nitrogen and oxygen atoms in total. The number of ether oxygens (including phenoxy) is 2. The van der Waals surface area contributed by atoms with Crippen LogP contribution in [0, 0.1) is 13.2 Å². The summed E-state index contributed by atoms with van der Waals surface area (Å²) in [5, 5.41) is 0. The van der Waals surface area contributed by atoms with Gasteiger partial charge in [0.2, 0.25) is 0 Å². The lowest BCUT2D eigenvalue weighted by molar-refractivity contribution is 0.374. The van der Waals surface area contributed by atoms with E-state index in [1.165, 1.54) is 19.3 Å². The molecule has 0 bridgehead atoms. The summed E-state index contributed by atoms with van der Waals surface area (Å²) < 4.78 is 9.87. The molecule has 2 heterocycles. The van der Waals surface area contributed by atoms with Gasteiger partial charge >= 0.3 is 0 Å². The van der Waals surface area contributed by atoms with E-state index < -0.39 is 0 Å². The Hall–Kier alpha value is -0.0800. The average Bonchev–Trinajstić information content (AvgIpc) is 2.57. The molecule has 50 valence electrons. The minimum atomic E-state index is 0.476. The van der Waals surface area contributed by atoms with Crippen molar-refractivity contribution >= 4 is 0 Å². The van der Waals surface area contributed by atoms with Crippen molar-refractivity contribution in [1.82, 2.24) is 0 Å². The molecule has 2 aliphatic rings. The van der Waals surface area contributed by atoms with Gasteiger partial charge in [-0.2, -0.15) is 0 Å². The predicted octanol–water partition coefficient (Wildman–Crippen LogP) is 1.28. The van der Waals surface area contributed by atoms with Crippen LogP contribution in [0.5, 0.6) is 0 Å². The zero-order valence-corrected chi connectivity index (χ0v) is 5.25. The normalized spacial score (nSPS) is 38.7. The van der Waals surface area contributed by atoms with E-state index in [4.69, 9.17) is 9.47 Å². The van der Waals surface area contributed by atoms with Crippen LogP contribution in [0.2, 0.25) is 0 Å². The highest BCUT2D eigenvalue weighted by molar-refractivity contribution is 4.86. The minimum absolute atomic E-state index is 0.476. The van der Waals surface area contributed by atoms with Crippen LogP contribution in [0.3, 0.4) is 0 Å². The molecule has 2 fully saturated rings. The Bertz CT molecular complexity index is 83.1. The maximum atomic E-state index is 4.93. The first-order valence-electron chi connectivity index (χ1n) is 3.43. The van der Waals surface area contributed by atoms with Crippen LogP contribution >= 0.6 is 0 Å². The Balaban J connectivity index is 1.46. The topological polar surface area (TPSA) is 25.1 Å². The van der Waals surface area contributed by atoms with E-state index in [1.54, 1.807) is 0 Å². The van der Waals surface area contributed by atoms with Crippen LogP contribution in [-0.2, 0) is 9.47 Å². The molecule has 2 radical (unpaired) electrons. The molecule has 2 rings (SSSR count). The van der Waals surface area contributed by atoms with E-state index in [0.29, 0.717) is 12.2 Å². The van der Waals surface area contributed by atoms with Crippen LogP contribution in [0.4, 0.5) is 0 Å². The monoisotopic (exact) mass is 126 g/mol. The van der Waals surface area contributed by atoms with Gasteiger partial charge in [-0.1, -0.05) is 0 Å². The summed E-state index contributed by atoms with van der Waals surface area (Å²) in [7, 11) is 0. The predicted molar refractivity (Wildman–Crippen MR) is 32.2 cm³/mol. The highest BCUT2D eigenvalue weighted by Gasteiger charge is 2.26. The molecule has 0 aromatic heterocycles. The molecule has 0 aliphatic carbocycles. The van der Waals surface area contributed by atoms with Crippen molar-refractivity contribution in [2.45, 2.75) is 31.5 Å². The fourth-order valence-corrected chi connectivity index (χ4v) is 0.903. The van der Waals surface area contributed by atoms with Crippen molar-refractivity contribution in [2.75, 3.05) is 0 Å². The van der Waals surface area contributed by atoms with E-state index in [0.717, 1.165) is 0 Å². The molecule has 0 saturated carbocycles. The summed E-state index contributed by atoms with van der Waals surface area (Å²) in [6, 6.07) is 0. The Morgan fingerprint density at radius 3 is 1.78 bits per heavy atom. The van der Waals surface area contributed by atoms with Crippen LogP contribution in [0.25, 0.3) is 0 Å². The van der Waals surface area contributed by atoms with Gasteiger partial charge in [0.15, 0.2) is 0 Å². The van der Waals surface area contributed by atoms with E-state index in [9.17, 15) is 0 Å². The molecule has 9 heavy (non-hydrogen) atoms.